The summed E-state index contributed by atoms with van der Waals surface area (Å²) >= 11 is 0. The smallest absolute Gasteiger partial charge is 0.149 e. The van der Waals surface area contributed by atoms with Crippen LogP contribution in [-0.4, -0.2) is 46.2 Å². The first-order valence-corrected chi connectivity index (χ1v) is 5.94. The Morgan fingerprint density at radius 3 is 2.06 bits per heavy atom. The minimum atomic E-state index is -0.512. The summed E-state index contributed by atoms with van der Waals surface area (Å²) in [6, 6.07) is 2.75. The van der Waals surface area contributed by atoms with E-state index in [4.69, 9.17) is 0 Å². The van der Waals surface area contributed by atoms with E-state index in [1.165, 1.54) is 12.1 Å². The molecule has 1 N–H and O–H groups in total. The second-order valence-corrected chi connectivity index (χ2v) is 4.66. The van der Waals surface area contributed by atoms with Crippen molar-refractivity contribution in [2.45, 2.75) is 6.54 Å². The second-order valence-electron chi connectivity index (χ2n) is 4.66. The standard InChI is InChI=1S/C13H21F2N3/c1-16-9-10-7-11(14)13(12(15)8-10)18(4)6-5-17(2)3/h7-8,16H,5-6,9H2,1-4H3. The molecule has 0 aliphatic carbocycles. The van der Waals surface area contributed by atoms with Gasteiger partial charge in [0.15, 0.2) is 0 Å². The van der Waals surface area contributed by atoms with E-state index in [0.29, 0.717) is 18.7 Å². The van der Waals surface area contributed by atoms with E-state index in [2.05, 4.69) is 5.32 Å². The van der Waals surface area contributed by atoms with Crippen molar-refractivity contribution in [3.63, 3.8) is 0 Å². The highest BCUT2D eigenvalue weighted by molar-refractivity contribution is 5.50. The van der Waals surface area contributed by atoms with Crippen LogP contribution in [0.25, 0.3) is 0 Å². The van der Waals surface area contributed by atoms with E-state index in [1.54, 1.807) is 19.0 Å². The van der Waals surface area contributed by atoms with Crippen LogP contribution in [0.2, 0.25) is 0 Å². The molecule has 0 aliphatic rings. The van der Waals surface area contributed by atoms with Crippen LogP contribution in [0.5, 0.6) is 0 Å². The predicted molar refractivity (Wildman–Crippen MR) is 70.9 cm³/mol. The minimum Gasteiger partial charge on any atom is -0.369 e. The van der Waals surface area contributed by atoms with Crippen molar-refractivity contribution in [3.05, 3.63) is 29.3 Å². The third kappa shape index (κ3) is 3.92. The van der Waals surface area contributed by atoms with Crippen LogP contribution in [-0.2, 0) is 6.54 Å². The molecule has 0 radical (unpaired) electrons. The molecule has 0 aromatic heterocycles. The Balaban J connectivity index is 2.88. The summed E-state index contributed by atoms with van der Waals surface area (Å²) in [5.41, 5.74) is 0.647. The van der Waals surface area contributed by atoms with E-state index in [1.807, 2.05) is 19.0 Å². The lowest BCUT2D eigenvalue weighted by atomic mass is 10.1. The molecule has 0 aliphatic heterocycles. The number of halogens is 2. The highest BCUT2D eigenvalue weighted by Gasteiger charge is 2.15. The molecular formula is C13H21F2N3. The Kier molecular flexibility index (Phi) is 5.50. The minimum absolute atomic E-state index is 0.0386. The number of nitrogens with zero attached hydrogens (tertiary/aromatic N) is 2. The number of anilines is 1. The SMILES string of the molecule is CNCc1cc(F)c(N(C)CCN(C)C)c(F)c1. The van der Waals surface area contributed by atoms with Crippen LogP contribution in [0.3, 0.4) is 0 Å². The number of benzene rings is 1. The molecule has 0 saturated carbocycles. The molecule has 102 valence electrons. The monoisotopic (exact) mass is 257 g/mol. The van der Waals surface area contributed by atoms with Crippen LogP contribution >= 0.6 is 0 Å². The molecule has 0 spiro atoms. The van der Waals surface area contributed by atoms with Gasteiger partial charge in [-0.05, 0) is 38.8 Å². The van der Waals surface area contributed by atoms with Gasteiger partial charge in [-0.3, -0.25) is 0 Å². The maximum absolute atomic E-state index is 13.9. The van der Waals surface area contributed by atoms with E-state index in [9.17, 15) is 8.78 Å². The largest absolute Gasteiger partial charge is 0.369 e. The summed E-state index contributed by atoms with van der Waals surface area (Å²) in [5, 5.41) is 2.87. The Hall–Kier alpha value is -1.20. The van der Waals surface area contributed by atoms with Gasteiger partial charge in [0.05, 0.1) is 0 Å². The summed E-state index contributed by atoms with van der Waals surface area (Å²) < 4.78 is 27.8. The molecule has 0 amide bonds. The molecule has 0 saturated heterocycles. The average Bonchev–Trinajstić information content (AvgIpc) is 2.25. The molecular weight excluding hydrogens is 236 g/mol. The summed E-state index contributed by atoms with van der Waals surface area (Å²) in [6.45, 7) is 1.77. The predicted octanol–water partition coefficient (Wildman–Crippen LogP) is 1.68. The van der Waals surface area contributed by atoms with Gasteiger partial charge in [0.1, 0.15) is 17.3 Å². The summed E-state index contributed by atoms with van der Waals surface area (Å²) in [6.07, 6.45) is 0. The Morgan fingerprint density at radius 1 is 1.06 bits per heavy atom. The van der Waals surface area contributed by atoms with Crippen LogP contribution < -0.4 is 10.2 Å². The van der Waals surface area contributed by atoms with Crippen LogP contribution in [0.15, 0.2) is 12.1 Å². The molecule has 1 aromatic carbocycles. The molecule has 1 aromatic rings. The fraction of sp³-hybridized carbons (Fsp3) is 0.538. The fourth-order valence-electron chi connectivity index (χ4n) is 1.75. The maximum Gasteiger partial charge on any atom is 0.149 e. The zero-order valence-electron chi connectivity index (χ0n) is 11.4. The topological polar surface area (TPSA) is 18.5 Å². The number of rotatable bonds is 6. The van der Waals surface area contributed by atoms with Crippen molar-refractivity contribution in [1.29, 1.82) is 0 Å². The third-order valence-corrected chi connectivity index (χ3v) is 2.72. The van der Waals surface area contributed by atoms with Gasteiger partial charge in [0.2, 0.25) is 0 Å². The van der Waals surface area contributed by atoms with Crippen LogP contribution in [0.1, 0.15) is 5.56 Å². The van der Waals surface area contributed by atoms with Crippen LogP contribution in [0.4, 0.5) is 14.5 Å². The Bertz CT molecular complexity index is 371. The van der Waals surface area contributed by atoms with Gasteiger partial charge in [-0.25, -0.2) is 8.78 Å². The van der Waals surface area contributed by atoms with Crippen molar-refractivity contribution in [2.75, 3.05) is 46.2 Å². The van der Waals surface area contributed by atoms with Crippen molar-refractivity contribution in [3.8, 4) is 0 Å². The Morgan fingerprint density at radius 2 is 1.61 bits per heavy atom. The lowest BCUT2D eigenvalue weighted by Crippen LogP contribution is -2.29. The van der Waals surface area contributed by atoms with E-state index in [-0.39, 0.29) is 5.69 Å². The molecule has 0 unspecified atom stereocenters. The lowest BCUT2D eigenvalue weighted by molar-refractivity contribution is 0.414. The zero-order chi connectivity index (χ0) is 13.7. The van der Waals surface area contributed by atoms with Gasteiger partial charge >= 0.3 is 0 Å². The molecule has 1 rings (SSSR count). The first kappa shape index (κ1) is 14.9. The first-order chi connectivity index (χ1) is 8.45. The molecule has 0 atom stereocenters. The second kappa shape index (κ2) is 6.66. The molecule has 18 heavy (non-hydrogen) atoms. The molecule has 0 heterocycles. The summed E-state index contributed by atoms with van der Waals surface area (Å²) in [5.74, 6) is -1.02. The van der Waals surface area contributed by atoms with Crippen molar-refractivity contribution in [2.24, 2.45) is 0 Å². The number of hydrogen-bond donors (Lipinski definition) is 1. The lowest BCUT2D eigenvalue weighted by Gasteiger charge is -2.23. The normalized spacial score (nSPS) is 11.1. The van der Waals surface area contributed by atoms with E-state index >= 15 is 0 Å². The van der Waals surface area contributed by atoms with Gasteiger partial charge in [0.25, 0.3) is 0 Å². The quantitative estimate of drug-likeness (QED) is 0.836. The number of hydrogen-bond acceptors (Lipinski definition) is 3. The highest BCUT2D eigenvalue weighted by Crippen LogP contribution is 2.23. The van der Waals surface area contributed by atoms with E-state index in [0.717, 1.165) is 6.54 Å². The summed E-state index contributed by atoms with van der Waals surface area (Å²) in [7, 11) is 7.29. The first-order valence-electron chi connectivity index (χ1n) is 5.94. The zero-order valence-corrected chi connectivity index (χ0v) is 11.4. The fourth-order valence-corrected chi connectivity index (χ4v) is 1.75. The van der Waals surface area contributed by atoms with Gasteiger partial charge in [-0.2, -0.15) is 0 Å². The van der Waals surface area contributed by atoms with Crippen LogP contribution in [0, 0.1) is 11.6 Å². The van der Waals surface area contributed by atoms with Crippen molar-refractivity contribution >= 4 is 5.69 Å². The van der Waals surface area contributed by atoms with Crippen molar-refractivity contribution in [1.82, 2.24) is 10.2 Å². The summed E-state index contributed by atoms with van der Waals surface area (Å²) in [4.78, 5) is 3.58. The van der Waals surface area contributed by atoms with Gasteiger partial charge in [-0.1, -0.05) is 0 Å². The average molecular weight is 257 g/mol. The van der Waals surface area contributed by atoms with Gasteiger partial charge in [0, 0.05) is 26.7 Å². The van der Waals surface area contributed by atoms with Gasteiger partial charge in [-0.15, -0.1) is 0 Å². The molecule has 5 heteroatoms. The highest BCUT2D eigenvalue weighted by atomic mass is 19.1. The van der Waals surface area contributed by atoms with E-state index < -0.39 is 11.6 Å². The maximum atomic E-state index is 13.9. The third-order valence-electron chi connectivity index (χ3n) is 2.72. The molecule has 0 fully saturated rings. The number of likely N-dealkylation sites (N-methyl/N-ethyl adjacent to an activating group) is 2. The number of nitrogens with one attached hydrogen (secondary N) is 1. The van der Waals surface area contributed by atoms with Gasteiger partial charge < -0.3 is 15.1 Å². The molecule has 0 bridgehead atoms. The molecule has 3 nitrogen and oxygen atoms in total. The Labute approximate surface area is 107 Å². The van der Waals surface area contributed by atoms with Crippen molar-refractivity contribution < 1.29 is 8.78 Å².